The normalized spacial score (nSPS) is 8.48. The van der Waals surface area contributed by atoms with Gasteiger partial charge in [0.15, 0.2) is 0 Å². The van der Waals surface area contributed by atoms with Gasteiger partial charge in [-0.15, -0.1) is 0 Å². The van der Waals surface area contributed by atoms with Crippen molar-refractivity contribution in [3.05, 3.63) is 0 Å². The molecule has 0 aromatic heterocycles. The first kappa shape index (κ1) is 54.7. The molecule has 0 aliphatic carbocycles. The Balaban J connectivity index is -0.000000108. The summed E-state index contributed by atoms with van der Waals surface area (Å²) >= 11 is 0. The largest absolute Gasteiger partial charge is 0.466 e. The van der Waals surface area contributed by atoms with Gasteiger partial charge in [-0.05, 0) is 69.2 Å². The number of hydrogen-bond donors (Lipinski definition) is 0. The van der Waals surface area contributed by atoms with Crippen LogP contribution in [0, 0.1) is 0 Å². The molecule has 0 spiro atoms. The molecule has 0 heterocycles. The third-order valence-corrected chi connectivity index (χ3v) is 3.49. The zero-order chi connectivity index (χ0) is 36.4. The van der Waals surface area contributed by atoms with E-state index in [1.54, 1.807) is 34.6 Å². The molecule has 1 radical (unpaired) electrons. The van der Waals surface area contributed by atoms with Crippen LogP contribution in [-0.4, -0.2) is 91.8 Å². The van der Waals surface area contributed by atoms with Gasteiger partial charge in [-0.3, -0.25) is 47.9 Å². The molecule has 0 saturated heterocycles. The number of rotatable bonds is 15. The first-order valence-electron chi connectivity index (χ1n) is 14.1. The SMILES string of the molecule is CCOC(=O)CC(C)=O.CCOC(=O)CC(C)=O.CCOC(=O)CC(C)=O.CCOC(=O)CC(C)=O.CCOC(=O)CC(C)=O.[V]. The summed E-state index contributed by atoms with van der Waals surface area (Å²) in [4.78, 5) is 103. The predicted molar refractivity (Wildman–Crippen MR) is 160 cm³/mol. The summed E-state index contributed by atoms with van der Waals surface area (Å²) < 4.78 is 22.5. The third kappa shape index (κ3) is 63.5. The van der Waals surface area contributed by atoms with Crippen LogP contribution in [0.15, 0.2) is 0 Å². The molecular formula is C30H50O15V. The van der Waals surface area contributed by atoms with Crippen LogP contribution < -0.4 is 0 Å². The molecule has 0 amide bonds. The van der Waals surface area contributed by atoms with E-state index in [0.29, 0.717) is 33.0 Å². The van der Waals surface area contributed by atoms with Gasteiger partial charge in [0.05, 0.1) is 33.0 Å². The van der Waals surface area contributed by atoms with Gasteiger partial charge in [0, 0.05) is 18.6 Å². The number of ketones is 5. The van der Waals surface area contributed by atoms with Crippen molar-refractivity contribution in [1.29, 1.82) is 0 Å². The van der Waals surface area contributed by atoms with Crippen LogP contribution >= 0.6 is 0 Å². The van der Waals surface area contributed by atoms with E-state index >= 15 is 0 Å². The standard InChI is InChI=1S/5C6H10O3.V/c5*1-3-9-6(8)4-5(2)7;/h5*3-4H2,1-2H3;. The number of Topliss-reactive ketones (excluding diaryl/α,β-unsaturated/α-hetero) is 5. The van der Waals surface area contributed by atoms with Crippen LogP contribution in [0.4, 0.5) is 0 Å². The summed E-state index contributed by atoms with van der Waals surface area (Å²) in [6.45, 7) is 17.0. The average Bonchev–Trinajstić information content (AvgIpc) is 2.84. The van der Waals surface area contributed by atoms with Crippen molar-refractivity contribution >= 4 is 58.8 Å². The van der Waals surface area contributed by atoms with E-state index in [4.69, 9.17) is 0 Å². The van der Waals surface area contributed by atoms with Crippen molar-refractivity contribution < 1.29 is 90.2 Å². The van der Waals surface area contributed by atoms with Crippen LogP contribution in [0.1, 0.15) is 101 Å². The Bertz CT molecular complexity index is 768. The van der Waals surface area contributed by atoms with Gasteiger partial charge in [0.25, 0.3) is 0 Å². The average molecular weight is 702 g/mol. The van der Waals surface area contributed by atoms with E-state index in [-0.39, 0.29) is 79.6 Å². The number of carbonyl (C=O) groups is 10. The van der Waals surface area contributed by atoms with Crippen LogP contribution in [0.5, 0.6) is 0 Å². The molecular weight excluding hydrogens is 651 g/mol. The molecule has 0 aromatic rings. The van der Waals surface area contributed by atoms with Crippen LogP contribution in [0.3, 0.4) is 0 Å². The van der Waals surface area contributed by atoms with Gasteiger partial charge in [-0.25, -0.2) is 0 Å². The molecule has 16 heteroatoms. The summed E-state index contributed by atoms with van der Waals surface area (Å²) in [6, 6.07) is 0. The monoisotopic (exact) mass is 701 g/mol. The molecule has 0 aliphatic heterocycles. The minimum absolute atomic E-state index is 0. The maximum Gasteiger partial charge on any atom is 0.313 e. The molecule has 0 unspecified atom stereocenters. The van der Waals surface area contributed by atoms with Gasteiger partial charge in [0.1, 0.15) is 61.0 Å². The number of hydrogen-bond acceptors (Lipinski definition) is 15. The van der Waals surface area contributed by atoms with E-state index in [0.717, 1.165) is 0 Å². The molecule has 0 saturated carbocycles. The van der Waals surface area contributed by atoms with Crippen molar-refractivity contribution in [2.75, 3.05) is 33.0 Å². The Labute approximate surface area is 283 Å². The fourth-order valence-electron chi connectivity index (χ4n) is 2.08. The van der Waals surface area contributed by atoms with E-state index < -0.39 is 29.8 Å². The Morgan fingerprint density at radius 3 is 0.478 bits per heavy atom. The summed E-state index contributed by atoms with van der Waals surface area (Å²) in [5.41, 5.74) is 0. The molecule has 0 aromatic carbocycles. The first-order valence-corrected chi connectivity index (χ1v) is 14.1. The maximum absolute atomic E-state index is 10.4. The molecule has 15 nitrogen and oxygen atoms in total. The Hall–Kier alpha value is -3.72. The molecule has 46 heavy (non-hydrogen) atoms. The minimum Gasteiger partial charge on any atom is -0.466 e. The summed E-state index contributed by atoms with van der Waals surface area (Å²) in [6.07, 6.45) is -0.517. The van der Waals surface area contributed by atoms with Crippen LogP contribution in [0.25, 0.3) is 0 Å². The number of esters is 5. The van der Waals surface area contributed by atoms with Gasteiger partial charge < -0.3 is 23.7 Å². The van der Waals surface area contributed by atoms with E-state index in [2.05, 4.69) is 23.7 Å². The Morgan fingerprint density at radius 2 is 0.413 bits per heavy atom. The molecule has 0 bridgehead atoms. The summed E-state index contributed by atoms with van der Waals surface area (Å²) in [5, 5.41) is 0. The molecule has 0 N–H and O–H groups in total. The Morgan fingerprint density at radius 1 is 0.304 bits per heavy atom. The van der Waals surface area contributed by atoms with Crippen molar-refractivity contribution in [1.82, 2.24) is 0 Å². The van der Waals surface area contributed by atoms with E-state index in [9.17, 15) is 47.9 Å². The van der Waals surface area contributed by atoms with Crippen molar-refractivity contribution in [3.63, 3.8) is 0 Å². The van der Waals surface area contributed by atoms with Crippen molar-refractivity contribution in [3.8, 4) is 0 Å². The maximum atomic E-state index is 10.4. The van der Waals surface area contributed by atoms with E-state index in [1.165, 1.54) is 34.6 Å². The molecule has 0 atom stereocenters. The fourth-order valence-corrected chi connectivity index (χ4v) is 2.08. The topological polar surface area (TPSA) is 217 Å². The molecule has 0 fully saturated rings. The van der Waals surface area contributed by atoms with Crippen molar-refractivity contribution in [2.45, 2.75) is 101 Å². The number of carbonyl (C=O) groups excluding carboxylic acids is 10. The summed E-state index contributed by atoms with van der Waals surface area (Å²) in [7, 11) is 0. The quantitative estimate of drug-likeness (QED) is 0.136. The second-order valence-corrected chi connectivity index (χ2v) is 8.42. The van der Waals surface area contributed by atoms with Gasteiger partial charge in [-0.1, -0.05) is 0 Å². The number of ether oxygens (including phenoxy) is 5. The van der Waals surface area contributed by atoms with Gasteiger partial charge in [-0.2, -0.15) is 0 Å². The second-order valence-electron chi connectivity index (χ2n) is 8.42. The molecule has 0 aliphatic rings. The Kier molecular flexibility index (Phi) is 46.8. The first-order chi connectivity index (χ1) is 20.8. The smallest absolute Gasteiger partial charge is 0.313 e. The van der Waals surface area contributed by atoms with Gasteiger partial charge >= 0.3 is 29.8 Å². The molecule has 265 valence electrons. The molecule has 0 rings (SSSR count). The third-order valence-electron chi connectivity index (χ3n) is 3.49. The van der Waals surface area contributed by atoms with Crippen molar-refractivity contribution in [2.24, 2.45) is 0 Å². The van der Waals surface area contributed by atoms with Crippen LogP contribution in [0.2, 0.25) is 0 Å². The minimum atomic E-state index is -0.440. The summed E-state index contributed by atoms with van der Waals surface area (Å²) in [5.74, 6) is -2.99. The second kappa shape index (κ2) is 39.3. The predicted octanol–water partition coefficient (Wildman–Crippen LogP) is 2.64. The fraction of sp³-hybridized carbons (Fsp3) is 0.667. The van der Waals surface area contributed by atoms with Gasteiger partial charge in [0.2, 0.25) is 0 Å². The van der Waals surface area contributed by atoms with E-state index in [1.807, 2.05) is 0 Å². The van der Waals surface area contributed by atoms with Crippen LogP contribution in [-0.2, 0) is 90.2 Å². The zero-order valence-electron chi connectivity index (χ0n) is 28.6. The zero-order valence-corrected chi connectivity index (χ0v) is 30.0.